The average molecular weight is 137 g/mol. The molecule has 0 aromatic carbocycles. The highest BCUT2D eigenvalue weighted by atomic mass is 32.2. The van der Waals surface area contributed by atoms with Gasteiger partial charge in [-0.05, 0) is 18.5 Å². The molecule has 0 atom stereocenters. The van der Waals surface area contributed by atoms with Crippen LogP contribution in [0, 0.1) is 0 Å². The molecule has 0 aromatic rings. The SMILES string of the molecule is NCOSCCCO. The van der Waals surface area contributed by atoms with Gasteiger partial charge in [-0.2, -0.15) is 0 Å². The molecular weight excluding hydrogens is 126 g/mol. The van der Waals surface area contributed by atoms with Gasteiger partial charge in [0.15, 0.2) is 0 Å². The van der Waals surface area contributed by atoms with Crippen molar-refractivity contribution >= 4 is 12.0 Å². The van der Waals surface area contributed by atoms with E-state index in [1.165, 1.54) is 12.0 Å². The molecular formula is C4H11NO2S. The van der Waals surface area contributed by atoms with Crippen LogP contribution in [0.2, 0.25) is 0 Å². The summed E-state index contributed by atoms with van der Waals surface area (Å²) in [6, 6.07) is 0. The van der Waals surface area contributed by atoms with E-state index in [1.807, 2.05) is 0 Å². The monoisotopic (exact) mass is 137 g/mol. The van der Waals surface area contributed by atoms with Gasteiger partial charge in [-0.15, -0.1) is 0 Å². The van der Waals surface area contributed by atoms with Gasteiger partial charge >= 0.3 is 0 Å². The molecule has 3 nitrogen and oxygen atoms in total. The Morgan fingerprint density at radius 1 is 1.62 bits per heavy atom. The summed E-state index contributed by atoms with van der Waals surface area (Å²) >= 11 is 1.29. The van der Waals surface area contributed by atoms with Crippen LogP contribution in [0.15, 0.2) is 0 Å². The van der Waals surface area contributed by atoms with Gasteiger partial charge in [0.1, 0.15) is 6.73 Å². The van der Waals surface area contributed by atoms with Gasteiger partial charge in [0.05, 0.1) is 0 Å². The van der Waals surface area contributed by atoms with E-state index in [-0.39, 0.29) is 13.3 Å². The second-order valence-electron chi connectivity index (χ2n) is 1.18. The van der Waals surface area contributed by atoms with Crippen molar-refractivity contribution in [1.82, 2.24) is 0 Å². The van der Waals surface area contributed by atoms with E-state index >= 15 is 0 Å². The van der Waals surface area contributed by atoms with Crippen molar-refractivity contribution < 1.29 is 9.29 Å². The van der Waals surface area contributed by atoms with Gasteiger partial charge in [0, 0.05) is 12.4 Å². The summed E-state index contributed by atoms with van der Waals surface area (Å²) in [5.74, 6) is 0.813. The molecule has 0 heterocycles. The van der Waals surface area contributed by atoms with E-state index < -0.39 is 0 Å². The van der Waals surface area contributed by atoms with Gasteiger partial charge in [0.2, 0.25) is 0 Å². The first-order chi connectivity index (χ1) is 3.91. The van der Waals surface area contributed by atoms with Gasteiger partial charge in [0.25, 0.3) is 0 Å². The minimum absolute atomic E-state index is 0.223. The Balaban J connectivity index is 2.53. The Morgan fingerprint density at radius 2 is 2.38 bits per heavy atom. The third-order valence-electron chi connectivity index (χ3n) is 0.537. The van der Waals surface area contributed by atoms with Crippen molar-refractivity contribution in [3.05, 3.63) is 0 Å². The van der Waals surface area contributed by atoms with Crippen molar-refractivity contribution in [1.29, 1.82) is 0 Å². The number of rotatable bonds is 5. The first-order valence-electron chi connectivity index (χ1n) is 2.47. The third-order valence-corrected chi connectivity index (χ3v) is 1.30. The van der Waals surface area contributed by atoms with E-state index in [2.05, 4.69) is 0 Å². The summed E-state index contributed by atoms with van der Waals surface area (Å²) in [6.07, 6.45) is 0.769. The van der Waals surface area contributed by atoms with Crippen LogP contribution in [0.25, 0.3) is 0 Å². The molecule has 0 aliphatic heterocycles. The molecule has 4 heteroatoms. The Bertz CT molecular complexity index is 39.0. The molecule has 3 N–H and O–H groups in total. The molecule has 0 aromatic heterocycles. The zero-order chi connectivity index (χ0) is 6.24. The van der Waals surface area contributed by atoms with Crippen LogP contribution in [0.5, 0.6) is 0 Å². The molecule has 0 spiro atoms. The van der Waals surface area contributed by atoms with Crippen LogP contribution in [0.1, 0.15) is 6.42 Å². The quantitative estimate of drug-likeness (QED) is 0.317. The maximum Gasteiger partial charge on any atom is 0.109 e. The lowest BCUT2D eigenvalue weighted by atomic mass is 10.5. The Morgan fingerprint density at radius 3 is 2.88 bits per heavy atom. The summed E-state index contributed by atoms with van der Waals surface area (Å²) in [5, 5.41) is 8.27. The summed E-state index contributed by atoms with van der Waals surface area (Å²) < 4.78 is 4.72. The maximum atomic E-state index is 8.27. The van der Waals surface area contributed by atoms with Gasteiger partial charge < -0.3 is 15.0 Å². The fourth-order valence-corrected chi connectivity index (χ4v) is 0.692. The predicted octanol–water partition coefficient (Wildman–Crippen LogP) is -0.0502. The highest BCUT2D eigenvalue weighted by Crippen LogP contribution is 2.00. The minimum Gasteiger partial charge on any atom is -0.396 e. The Hall–Kier alpha value is 0.230. The molecule has 50 valence electrons. The van der Waals surface area contributed by atoms with E-state index in [4.69, 9.17) is 15.0 Å². The first-order valence-corrected chi connectivity index (χ1v) is 3.38. The highest BCUT2D eigenvalue weighted by molar-refractivity contribution is 7.94. The lowest BCUT2D eigenvalue weighted by Crippen LogP contribution is -1.99. The standard InChI is InChI=1S/C4H11NO2S/c5-4-7-8-3-1-2-6/h6H,1-5H2. The van der Waals surface area contributed by atoms with Crippen molar-refractivity contribution in [2.45, 2.75) is 6.42 Å². The lowest BCUT2D eigenvalue weighted by Gasteiger charge is -1.95. The molecule has 0 saturated carbocycles. The summed E-state index contributed by atoms with van der Waals surface area (Å²) in [7, 11) is 0. The van der Waals surface area contributed by atoms with E-state index in [0.717, 1.165) is 12.2 Å². The number of hydrogen-bond acceptors (Lipinski definition) is 4. The molecule has 0 aliphatic carbocycles. The van der Waals surface area contributed by atoms with Crippen molar-refractivity contribution in [2.75, 3.05) is 19.1 Å². The molecule has 8 heavy (non-hydrogen) atoms. The first kappa shape index (κ1) is 8.23. The van der Waals surface area contributed by atoms with Crippen molar-refractivity contribution in [3.8, 4) is 0 Å². The number of nitrogens with two attached hydrogens (primary N) is 1. The second-order valence-corrected chi connectivity index (χ2v) is 2.06. The molecule has 0 rings (SSSR count). The lowest BCUT2D eigenvalue weighted by molar-refractivity contribution is 0.294. The molecule has 0 bridgehead atoms. The zero-order valence-electron chi connectivity index (χ0n) is 4.67. The largest absolute Gasteiger partial charge is 0.396 e. The van der Waals surface area contributed by atoms with Crippen LogP contribution in [-0.4, -0.2) is 24.2 Å². The van der Waals surface area contributed by atoms with Crippen LogP contribution < -0.4 is 5.73 Å². The second kappa shape index (κ2) is 7.23. The van der Waals surface area contributed by atoms with Gasteiger partial charge in [-0.1, -0.05) is 0 Å². The fraction of sp³-hybridized carbons (Fsp3) is 1.00. The van der Waals surface area contributed by atoms with Crippen LogP contribution in [-0.2, 0) is 4.18 Å². The summed E-state index contributed by atoms with van der Waals surface area (Å²) in [5.41, 5.74) is 5.01. The normalized spacial score (nSPS) is 9.75. The number of hydrogen-bond donors (Lipinski definition) is 2. The summed E-state index contributed by atoms with van der Waals surface area (Å²) in [6.45, 7) is 0.469. The molecule has 0 amide bonds. The highest BCUT2D eigenvalue weighted by Gasteiger charge is 1.84. The molecule has 0 radical (unpaired) electrons. The van der Waals surface area contributed by atoms with Crippen molar-refractivity contribution in [3.63, 3.8) is 0 Å². The van der Waals surface area contributed by atoms with Gasteiger partial charge in [-0.25, -0.2) is 0 Å². The summed E-state index contributed by atoms with van der Waals surface area (Å²) in [4.78, 5) is 0. The van der Waals surface area contributed by atoms with Crippen LogP contribution >= 0.6 is 12.0 Å². The fourth-order valence-electron chi connectivity index (χ4n) is 0.231. The van der Waals surface area contributed by atoms with E-state index in [0.29, 0.717) is 0 Å². The van der Waals surface area contributed by atoms with Gasteiger partial charge in [-0.3, -0.25) is 0 Å². The molecule has 0 saturated heterocycles. The topological polar surface area (TPSA) is 55.5 Å². The van der Waals surface area contributed by atoms with Crippen LogP contribution in [0.4, 0.5) is 0 Å². The maximum absolute atomic E-state index is 8.27. The smallest absolute Gasteiger partial charge is 0.109 e. The Labute approximate surface area is 53.4 Å². The van der Waals surface area contributed by atoms with E-state index in [1.54, 1.807) is 0 Å². The Kier molecular flexibility index (Phi) is 7.44. The molecule has 0 unspecified atom stereocenters. The van der Waals surface area contributed by atoms with Crippen molar-refractivity contribution in [2.24, 2.45) is 5.73 Å². The molecule has 0 aliphatic rings. The third kappa shape index (κ3) is 6.23. The minimum atomic E-state index is 0.223. The van der Waals surface area contributed by atoms with Crippen LogP contribution in [0.3, 0.4) is 0 Å². The number of aliphatic hydroxyl groups is 1. The average Bonchev–Trinajstić information content (AvgIpc) is 1.81. The zero-order valence-corrected chi connectivity index (χ0v) is 5.49. The predicted molar refractivity (Wildman–Crippen MR) is 34.3 cm³/mol. The number of aliphatic hydroxyl groups excluding tert-OH is 1. The van der Waals surface area contributed by atoms with E-state index in [9.17, 15) is 0 Å². The molecule has 0 fully saturated rings.